The number of carboxylic acids is 1. The highest BCUT2D eigenvalue weighted by Crippen LogP contribution is 2.32. The van der Waals surface area contributed by atoms with Crippen LogP contribution in [0.5, 0.6) is 0 Å². The molecule has 2 atom stereocenters. The number of hydrogen-bond donors (Lipinski definition) is 1. The van der Waals surface area contributed by atoms with Gasteiger partial charge < -0.3 is 9.29 Å². The van der Waals surface area contributed by atoms with Gasteiger partial charge in [-0.1, -0.05) is 51.7 Å². The summed E-state index contributed by atoms with van der Waals surface area (Å²) in [6, 6.07) is 7.72. The number of nitrogens with zero attached hydrogens (tertiary/aromatic N) is 1. The fraction of sp³-hybridized carbons (Fsp3) is 0.526. The van der Waals surface area contributed by atoms with Crippen molar-refractivity contribution in [2.75, 3.05) is 0 Å². The van der Waals surface area contributed by atoms with Crippen molar-refractivity contribution in [2.24, 2.45) is 11.8 Å². The summed E-state index contributed by atoms with van der Waals surface area (Å²) >= 11 is 2.38. The molecule has 142 valence electrons. The van der Waals surface area contributed by atoms with E-state index in [-0.39, 0.29) is 6.42 Å². The van der Waals surface area contributed by atoms with Crippen LogP contribution in [0.4, 0.5) is 0 Å². The zero-order valence-corrected chi connectivity index (χ0v) is 16.8. The molecule has 2 unspecified atom stereocenters. The lowest BCUT2D eigenvalue weighted by atomic mass is 9.87. The second-order valence-electron chi connectivity index (χ2n) is 6.38. The first-order valence-corrected chi connectivity index (χ1v) is 10.5. The SMILES string of the molecule is CCCCC(CC)CC(CC(=O)O)C(=O)OSc1nc2ccccc2s1. The lowest BCUT2D eigenvalue weighted by Crippen LogP contribution is -2.22. The maximum absolute atomic E-state index is 12.5. The molecule has 0 bridgehead atoms. The van der Waals surface area contributed by atoms with Crippen molar-refractivity contribution in [2.45, 2.75) is 56.7 Å². The van der Waals surface area contributed by atoms with Crippen LogP contribution in [0.25, 0.3) is 10.2 Å². The fourth-order valence-corrected chi connectivity index (χ4v) is 4.52. The standard InChI is InChI=1S/C19H25NO4S2/c1-3-5-8-13(4-2)11-14(12-17(21)22)18(23)24-26-19-20-15-9-6-7-10-16(15)25-19/h6-7,9-10,13-14H,3-5,8,11-12H2,1-2H3,(H,21,22). The Kier molecular flexibility index (Phi) is 8.38. The summed E-state index contributed by atoms with van der Waals surface area (Å²) in [5, 5.41) is 9.15. The van der Waals surface area contributed by atoms with E-state index in [1.165, 1.54) is 11.3 Å². The van der Waals surface area contributed by atoms with Crippen molar-refractivity contribution in [1.82, 2.24) is 4.98 Å². The van der Waals surface area contributed by atoms with Gasteiger partial charge in [-0.25, -0.2) is 4.98 Å². The molecular formula is C19H25NO4S2. The number of unbranched alkanes of at least 4 members (excludes halogenated alkanes) is 1. The molecule has 0 radical (unpaired) electrons. The van der Waals surface area contributed by atoms with Crippen LogP contribution in [0.3, 0.4) is 0 Å². The van der Waals surface area contributed by atoms with Gasteiger partial charge in [0.1, 0.15) is 12.0 Å². The molecule has 1 N–H and O–H groups in total. The summed E-state index contributed by atoms with van der Waals surface area (Å²) in [6.07, 6.45) is 4.51. The second kappa shape index (κ2) is 10.5. The largest absolute Gasteiger partial charge is 0.481 e. The Labute approximate surface area is 162 Å². The minimum Gasteiger partial charge on any atom is -0.481 e. The fourth-order valence-electron chi connectivity index (χ4n) is 2.89. The molecule has 0 fully saturated rings. The molecule has 1 aromatic carbocycles. The smallest absolute Gasteiger partial charge is 0.321 e. The molecule has 1 heterocycles. The van der Waals surface area contributed by atoms with E-state index in [1.54, 1.807) is 0 Å². The van der Waals surface area contributed by atoms with Crippen LogP contribution in [0, 0.1) is 11.8 Å². The number of rotatable bonds is 11. The van der Waals surface area contributed by atoms with E-state index in [0.29, 0.717) is 16.7 Å². The number of carboxylic acid groups (broad SMARTS) is 1. The van der Waals surface area contributed by atoms with E-state index in [1.807, 2.05) is 24.3 Å². The maximum Gasteiger partial charge on any atom is 0.321 e. The molecule has 0 aliphatic carbocycles. The Morgan fingerprint density at radius 1 is 1.31 bits per heavy atom. The third-order valence-electron chi connectivity index (χ3n) is 4.38. The van der Waals surface area contributed by atoms with Crippen molar-refractivity contribution in [1.29, 1.82) is 0 Å². The summed E-state index contributed by atoms with van der Waals surface area (Å²) in [5.41, 5.74) is 0.865. The van der Waals surface area contributed by atoms with E-state index < -0.39 is 17.9 Å². The predicted octanol–water partition coefficient (Wildman–Crippen LogP) is 5.54. The van der Waals surface area contributed by atoms with Gasteiger partial charge in [-0.15, -0.1) is 11.3 Å². The molecule has 0 saturated carbocycles. The molecule has 0 saturated heterocycles. The normalized spacial score (nSPS) is 13.5. The Bertz CT molecular complexity index is 698. The predicted molar refractivity (Wildman–Crippen MR) is 105 cm³/mol. The molecule has 1 aromatic heterocycles. The van der Waals surface area contributed by atoms with E-state index >= 15 is 0 Å². The number of benzene rings is 1. The minimum atomic E-state index is -0.970. The lowest BCUT2D eigenvalue weighted by molar-refractivity contribution is -0.146. The highest BCUT2D eigenvalue weighted by atomic mass is 32.2. The monoisotopic (exact) mass is 395 g/mol. The first-order valence-electron chi connectivity index (χ1n) is 8.99. The third-order valence-corrected chi connectivity index (χ3v) is 6.15. The molecule has 7 heteroatoms. The topological polar surface area (TPSA) is 76.5 Å². The molecule has 0 aliphatic heterocycles. The molecule has 0 spiro atoms. The van der Waals surface area contributed by atoms with Crippen LogP contribution in [0.1, 0.15) is 52.4 Å². The lowest BCUT2D eigenvalue weighted by Gasteiger charge is -2.19. The van der Waals surface area contributed by atoms with E-state index in [2.05, 4.69) is 18.8 Å². The number of carbonyl (C=O) groups excluding carboxylic acids is 1. The number of carbonyl (C=O) groups is 2. The highest BCUT2D eigenvalue weighted by molar-refractivity contribution is 7.97. The van der Waals surface area contributed by atoms with E-state index in [0.717, 1.165) is 47.9 Å². The quantitative estimate of drug-likeness (QED) is 0.503. The zero-order valence-electron chi connectivity index (χ0n) is 15.1. The van der Waals surface area contributed by atoms with Gasteiger partial charge in [0.15, 0.2) is 4.34 Å². The zero-order chi connectivity index (χ0) is 18.9. The first-order chi connectivity index (χ1) is 12.5. The average molecular weight is 396 g/mol. The van der Waals surface area contributed by atoms with Crippen molar-refractivity contribution in [3.8, 4) is 0 Å². The summed E-state index contributed by atoms with van der Waals surface area (Å²) in [7, 11) is 0. The van der Waals surface area contributed by atoms with Gasteiger partial charge in [-0.3, -0.25) is 9.59 Å². The number of fused-ring (bicyclic) bond motifs is 1. The Hall–Kier alpha value is -1.60. The summed E-state index contributed by atoms with van der Waals surface area (Å²) in [6.45, 7) is 4.21. The average Bonchev–Trinajstić information content (AvgIpc) is 3.04. The van der Waals surface area contributed by atoms with Gasteiger partial charge in [-0.2, -0.15) is 0 Å². The van der Waals surface area contributed by atoms with Crippen LogP contribution < -0.4 is 0 Å². The third kappa shape index (κ3) is 6.29. The number of thiazole rings is 1. The minimum absolute atomic E-state index is 0.193. The van der Waals surface area contributed by atoms with Crippen LogP contribution >= 0.6 is 23.4 Å². The molecule has 26 heavy (non-hydrogen) atoms. The van der Waals surface area contributed by atoms with Crippen LogP contribution in [-0.4, -0.2) is 22.0 Å². The second-order valence-corrected chi connectivity index (χ2v) is 8.39. The van der Waals surface area contributed by atoms with Gasteiger partial charge in [0.05, 0.1) is 22.6 Å². The summed E-state index contributed by atoms with van der Waals surface area (Å²) in [4.78, 5) is 28.0. The molecule has 5 nitrogen and oxygen atoms in total. The van der Waals surface area contributed by atoms with Crippen LogP contribution in [-0.2, 0) is 13.8 Å². The molecule has 2 rings (SSSR count). The molecule has 0 amide bonds. The van der Waals surface area contributed by atoms with Crippen LogP contribution in [0.15, 0.2) is 28.6 Å². The van der Waals surface area contributed by atoms with Gasteiger partial charge in [0.2, 0.25) is 0 Å². The number of aliphatic carboxylic acids is 1. The molecular weight excluding hydrogens is 370 g/mol. The van der Waals surface area contributed by atoms with E-state index in [9.17, 15) is 9.59 Å². The van der Waals surface area contributed by atoms with E-state index in [4.69, 9.17) is 9.29 Å². The maximum atomic E-state index is 12.5. The van der Waals surface area contributed by atoms with Crippen molar-refractivity contribution >= 4 is 45.5 Å². The van der Waals surface area contributed by atoms with Crippen molar-refractivity contribution in [3.63, 3.8) is 0 Å². The Balaban J connectivity index is 1.97. The molecule has 0 aliphatic rings. The van der Waals surface area contributed by atoms with Crippen LogP contribution in [0.2, 0.25) is 0 Å². The first kappa shape index (κ1) is 20.7. The number of para-hydroxylation sites is 1. The Morgan fingerprint density at radius 3 is 2.73 bits per heavy atom. The number of hydrogen-bond acceptors (Lipinski definition) is 6. The Morgan fingerprint density at radius 2 is 2.08 bits per heavy atom. The van der Waals surface area contributed by atoms with Crippen molar-refractivity contribution in [3.05, 3.63) is 24.3 Å². The van der Waals surface area contributed by atoms with Gasteiger partial charge in [0.25, 0.3) is 0 Å². The van der Waals surface area contributed by atoms with Gasteiger partial charge in [-0.05, 0) is 24.5 Å². The number of aromatic nitrogens is 1. The van der Waals surface area contributed by atoms with Gasteiger partial charge >= 0.3 is 11.9 Å². The van der Waals surface area contributed by atoms with Gasteiger partial charge in [0, 0.05) is 0 Å². The van der Waals surface area contributed by atoms with Crippen molar-refractivity contribution < 1.29 is 18.9 Å². The summed E-state index contributed by atoms with van der Waals surface area (Å²) < 4.78 is 7.00. The molecule has 2 aromatic rings. The highest BCUT2D eigenvalue weighted by Gasteiger charge is 2.27. The summed E-state index contributed by atoms with van der Waals surface area (Å²) in [5.74, 6) is -1.70.